The second-order valence-electron chi connectivity index (χ2n) is 6.77. The number of aromatic nitrogens is 2. The van der Waals surface area contributed by atoms with Gasteiger partial charge in [0.05, 0.1) is 0 Å². The molecule has 0 unspecified atom stereocenters. The van der Waals surface area contributed by atoms with Gasteiger partial charge in [-0.25, -0.2) is 9.78 Å². The van der Waals surface area contributed by atoms with Gasteiger partial charge in [-0.3, -0.25) is 4.40 Å². The number of thiazole rings is 1. The predicted molar refractivity (Wildman–Crippen MR) is 84.4 cm³/mol. The second-order valence-corrected chi connectivity index (χ2v) is 7.65. The highest BCUT2D eigenvalue weighted by Gasteiger charge is 2.32. The summed E-state index contributed by atoms with van der Waals surface area (Å²) in [5.41, 5.74) is 0.608. The van der Waals surface area contributed by atoms with E-state index in [0.29, 0.717) is 22.8 Å². The van der Waals surface area contributed by atoms with E-state index in [1.165, 1.54) is 11.3 Å². The van der Waals surface area contributed by atoms with Crippen LogP contribution in [-0.4, -0.2) is 33.6 Å². The summed E-state index contributed by atoms with van der Waals surface area (Å²) in [5, 5.41) is 11.4. The number of hydrogen-bond acceptors (Lipinski definition) is 4. The smallest absolute Gasteiger partial charge is 0.356 e. The molecule has 0 aromatic carbocycles. The molecule has 0 radical (unpaired) electrons. The molecule has 1 fully saturated rings. The summed E-state index contributed by atoms with van der Waals surface area (Å²) in [6.07, 6.45) is 3.96. The fraction of sp³-hybridized carbons (Fsp3) is 0.600. The van der Waals surface area contributed by atoms with Crippen LogP contribution < -0.4 is 4.90 Å². The molecule has 0 saturated carbocycles. The van der Waals surface area contributed by atoms with E-state index in [0.717, 1.165) is 30.9 Å². The summed E-state index contributed by atoms with van der Waals surface area (Å²) in [7, 11) is 0. The first-order chi connectivity index (χ1) is 9.88. The van der Waals surface area contributed by atoms with Crippen molar-refractivity contribution in [3.05, 3.63) is 17.3 Å². The predicted octanol–water partition coefficient (Wildman–Crippen LogP) is 3.36. The first-order valence-corrected chi connectivity index (χ1v) is 8.19. The lowest BCUT2D eigenvalue weighted by Crippen LogP contribution is -2.38. The van der Waals surface area contributed by atoms with E-state index >= 15 is 0 Å². The number of rotatable bonds is 2. The molecule has 6 heteroatoms. The monoisotopic (exact) mass is 307 g/mol. The average molecular weight is 307 g/mol. The summed E-state index contributed by atoms with van der Waals surface area (Å²) in [6.45, 7) is 8.61. The van der Waals surface area contributed by atoms with Crippen molar-refractivity contribution >= 4 is 28.1 Å². The van der Waals surface area contributed by atoms with E-state index in [1.807, 2.05) is 5.38 Å². The minimum atomic E-state index is -0.908. The molecule has 21 heavy (non-hydrogen) atoms. The van der Waals surface area contributed by atoms with Crippen LogP contribution in [0, 0.1) is 11.3 Å². The summed E-state index contributed by atoms with van der Waals surface area (Å²) in [4.78, 5) is 19.0. The topological polar surface area (TPSA) is 57.8 Å². The first-order valence-electron chi connectivity index (χ1n) is 7.31. The standard InChI is InChI=1S/C15H21N3O2S/c1-15(2,3)10-4-6-17(7-5-10)12-11(13(19)20)18-8-9-21-14(18)16-12/h8-10H,4-7H2,1-3H3,(H,19,20). The lowest BCUT2D eigenvalue weighted by atomic mass is 9.75. The largest absolute Gasteiger partial charge is 0.476 e. The summed E-state index contributed by atoms with van der Waals surface area (Å²) in [5.74, 6) is 0.404. The van der Waals surface area contributed by atoms with Crippen molar-refractivity contribution in [3.63, 3.8) is 0 Å². The van der Waals surface area contributed by atoms with Crippen molar-refractivity contribution in [2.45, 2.75) is 33.6 Å². The number of fused-ring (bicyclic) bond motifs is 1. The number of carboxylic acids is 1. The normalized spacial score (nSPS) is 17.6. The second kappa shape index (κ2) is 5.02. The minimum Gasteiger partial charge on any atom is -0.476 e. The molecular weight excluding hydrogens is 286 g/mol. The maximum absolute atomic E-state index is 11.6. The van der Waals surface area contributed by atoms with Gasteiger partial charge in [0, 0.05) is 24.7 Å². The van der Waals surface area contributed by atoms with Gasteiger partial charge in [-0.15, -0.1) is 11.3 Å². The quantitative estimate of drug-likeness (QED) is 0.924. The van der Waals surface area contributed by atoms with Crippen molar-refractivity contribution < 1.29 is 9.90 Å². The third-order valence-electron chi connectivity index (χ3n) is 4.47. The number of piperidine rings is 1. The van der Waals surface area contributed by atoms with Crippen LogP contribution in [0.5, 0.6) is 0 Å². The number of anilines is 1. The molecule has 1 aliphatic heterocycles. The van der Waals surface area contributed by atoms with Gasteiger partial charge in [0.2, 0.25) is 0 Å². The van der Waals surface area contributed by atoms with Gasteiger partial charge in [-0.2, -0.15) is 0 Å². The number of hydrogen-bond donors (Lipinski definition) is 1. The third kappa shape index (κ3) is 2.52. The Labute approximate surface area is 128 Å². The van der Waals surface area contributed by atoms with Crippen molar-refractivity contribution in [2.24, 2.45) is 11.3 Å². The Kier molecular flexibility index (Phi) is 3.43. The molecule has 114 valence electrons. The van der Waals surface area contributed by atoms with E-state index in [2.05, 4.69) is 30.7 Å². The summed E-state index contributed by atoms with van der Waals surface area (Å²) < 4.78 is 1.68. The number of carboxylic acid groups (broad SMARTS) is 1. The van der Waals surface area contributed by atoms with Gasteiger partial charge >= 0.3 is 5.97 Å². The molecule has 0 bridgehead atoms. The van der Waals surface area contributed by atoms with Crippen LogP contribution in [0.4, 0.5) is 5.82 Å². The molecule has 5 nitrogen and oxygen atoms in total. The number of carbonyl (C=O) groups is 1. The first kappa shape index (κ1) is 14.4. The molecular formula is C15H21N3O2S. The van der Waals surface area contributed by atoms with Gasteiger partial charge in [0.1, 0.15) is 0 Å². The molecule has 1 saturated heterocycles. The van der Waals surface area contributed by atoms with Crippen LogP contribution in [0.3, 0.4) is 0 Å². The Balaban J connectivity index is 1.87. The Bertz CT molecular complexity index is 660. The molecule has 0 atom stereocenters. The number of nitrogens with zero attached hydrogens (tertiary/aromatic N) is 3. The highest BCUT2D eigenvalue weighted by Crippen LogP contribution is 2.36. The lowest BCUT2D eigenvalue weighted by Gasteiger charge is -2.39. The van der Waals surface area contributed by atoms with Gasteiger partial charge < -0.3 is 10.0 Å². The molecule has 0 spiro atoms. The highest BCUT2D eigenvalue weighted by molar-refractivity contribution is 7.15. The van der Waals surface area contributed by atoms with Crippen molar-refractivity contribution in [3.8, 4) is 0 Å². The maximum atomic E-state index is 11.6. The zero-order valence-corrected chi connectivity index (χ0v) is 13.5. The third-order valence-corrected chi connectivity index (χ3v) is 5.22. The van der Waals surface area contributed by atoms with E-state index in [-0.39, 0.29) is 0 Å². The fourth-order valence-corrected chi connectivity index (χ4v) is 3.86. The minimum absolute atomic E-state index is 0.292. The van der Waals surface area contributed by atoms with E-state index in [9.17, 15) is 9.90 Å². The van der Waals surface area contributed by atoms with Crippen LogP contribution in [0.15, 0.2) is 11.6 Å². The van der Waals surface area contributed by atoms with Gasteiger partial charge in [-0.05, 0) is 24.2 Å². The molecule has 0 aliphatic carbocycles. The Morgan fingerprint density at radius 3 is 2.62 bits per heavy atom. The molecule has 3 rings (SSSR count). The van der Waals surface area contributed by atoms with Gasteiger partial charge in [-0.1, -0.05) is 20.8 Å². The summed E-state index contributed by atoms with van der Waals surface area (Å²) >= 11 is 1.47. The Morgan fingerprint density at radius 1 is 1.38 bits per heavy atom. The zero-order valence-electron chi connectivity index (χ0n) is 12.7. The lowest BCUT2D eigenvalue weighted by molar-refractivity contribution is 0.0690. The molecule has 1 N–H and O–H groups in total. The highest BCUT2D eigenvalue weighted by atomic mass is 32.1. The molecule has 0 amide bonds. The van der Waals surface area contributed by atoms with E-state index in [1.54, 1.807) is 10.6 Å². The fourth-order valence-electron chi connectivity index (χ4n) is 3.15. The molecule has 3 heterocycles. The molecule has 2 aromatic rings. The maximum Gasteiger partial charge on any atom is 0.356 e. The van der Waals surface area contributed by atoms with E-state index < -0.39 is 5.97 Å². The van der Waals surface area contributed by atoms with Crippen LogP contribution in [0.2, 0.25) is 0 Å². The van der Waals surface area contributed by atoms with Crippen LogP contribution in [0.25, 0.3) is 4.96 Å². The van der Waals surface area contributed by atoms with Crippen molar-refractivity contribution in [1.82, 2.24) is 9.38 Å². The van der Waals surface area contributed by atoms with Gasteiger partial charge in [0.25, 0.3) is 0 Å². The Morgan fingerprint density at radius 2 is 2.05 bits per heavy atom. The average Bonchev–Trinajstić information content (AvgIpc) is 2.96. The summed E-state index contributed by atoms with van der Waals surface area (Å²) in [6, 6.07) is 0. The van der Waals surface area contributed by atoms with Crippen molar-refractivity contribution in [2.75, 3.05) is 18.0 Å². The number of aromatic carboxylic acids is 1. The van der Waals surface area contributed by atoms with Crippen LogP contribution >= 0.6 is 11.3 Å². The van der Waals surface area contributed by atoms with Crippen molar-refractivity contribution in [1.29, 1.82) is 0 Å². The van der Waals surface area contributed by atoms with E-state index in [4.69, 9.17) is 0 Å². The molecule has 1 aliphatic rings. The van der Waals surface area contributed by atoms with Crippen LogP contribution in [0.1, 0.15) is 44.1 Å². The number of imidazole rings is 1. The van der Waals surface area contributed by atoms with Crippen LogP contribution in [-0.2, 0) is 0 Å². The molecule has 2 aromatic heterocycles. The SMILES string of the molecule is CC(C)(C)C1CCN(c2nc3sccn3c2C(=O)O)CC1. The zero-order chi connectivity index (χ0) is 15.2. The van der Waals surface area contributed by atoms with Gasteiger partial charge in [0.15, 0.2) is 16.5 Å². The Hall–Kier alpha value is -1.56.